The molecular formula is C22H23N7O3. The van der Waals surface area contributed by atoms with Gasteiger partial charge < -0.3 is 21.5 Å². The van der Waals surface area contributed by atoms with E-state index in [9.17, 15) is 9.59 Å². The van der Waals surface area contributed by atoms with Crippen molar-refractivity contribution in [3.8, 4) is 11.9 Å². The van der Waals surface area contributed by atoms with Crippen LogP contribution in [0.2, 0.25) is 0 Å². The zero-order valence-corrected chi connectivity index (χ0v) is 17.7. The van der Waals surface area contributed by atoms with E-state index < -0.39 is 17.9 Å². The number of aromatic nitrogens is 3. The first-order valence-corrected chi connectivity index (χ1v) is 9.59. The molecule has 0 aromatic carbocycles. The average Bonchev–Trinajstić information content (AvgIpc) is 2.76. The zero-order chi connectivity index (χ0) is 23.7. The number of ether oxygens (including phenoxy) is 1. The lowest BCUT2D eigenvalue weighted by Crippen LogP contribution is -2.33. The molecule has 2 aromatic heterocycles. The topological polar surface area (TPSA) is 170 Å². The summed E-state index contributed by atoms with van der Waals surface area (Å²) >= 11 is 0. The van der Waals surface area contributed by atoms with Gasteiger partial charge in [-0.2, -0.15) is 5.26 Å². The van der Waals surface area contributed by atoms with Gasteiger partial charge in [-0.1, -0.05) is 19.6 Å². The Hall–Kier alpha value is -4.52. The number of amides is 2. The molecule has 0 saturated heterocycles. The van der Waals surface area contributed by atoms with Crippen LogP contribution in [0.4, 0.5) is 5.82 Å². The molecule has 32 heavy (non-hydrogen) atoms. The number of anilines is 1. The van der Waals surface area contributed by atoms with E-state index in [-0.39, 0.29) is 29.0 Å². The number of nitriles is 1. The highest BCUT2D eigenvalue weighted by molar-refractivity contribution is 5.92. The number of nitrogens with one attached hydrogen (secondary N) is 1. The molecule has 1 unspecified atom stereocenters. The minimum Gasteiger partial charge on any atom is -0.440 e. The van der Waals surface area contributed by atoms with Crippen LogP contribution in [-0.2, 0) is 4.79 Å². The molecular weight excluding hydrogens is 410 g/mol. The van der Waals surface area contributed by atoms with Crippen LogP contribution in [0.25, 0.3) is 5.57 Å². The summed E-state index contributed by atoms with van der Waals surface area (Å²) < 4.78 is 5.54. The summed E-state index contributed by atoms with van der Waals surface area (Å²) in [5.74, 6) is -0.345. The van der Waals surface area contributed by atoms with Crippen LogP contribution in [0.1, 0.15) is 42.1 Å². The molecule has 0 spiro atoms. The number of hydrogen-bond donors (Lipinski definition) is 3. The van der Waals surface area contributed by atoms with Gasteiger partial charge in [-0.05, 0) is 31.6 Å². The third-order valence-electron chi connectivity index (χ3n) is 4.00. The van der Waals surface area contributed by atoms with Gasteiger partial charge in [-0.25, -0.2) is 15.0 Å². The highest BCUT2D eigenvalue weighted by atomic mass is 16.5. The minimum atomic E-state index is -0.747. The molecule has 2 amide bonds. The highest BCUT2D eigenvalue weighted by Crippen LogP contribution is 2.19. The Balaban J connectivity index is 2.29. The summed E-state index contributed by atoms with van der Waals surface area (Å²) in [5, 5.41) is 11.7. The number of pyridine rings is 1. The summed E-state index contributed by atoms with van der Waals surface area (Å²) in [6, 6.07) is 5.73. The predicted octanol–water partition coefficient (Wildman–Crippen LogP) is 2.07. The van der Waals surface area contributed by atoms with E-state index in [2.05, 4.69) is 26.8 Å². The van der Waals surface area contributed by atoms with E-state index in [4.69, 9.17) is 21.5 Å². The average molecular weight is 433 g/mol. The van der Waals surface area contributed by atoms with Gasteiger partial charge in [0.2, 0.25) is 11.8 Å². The Labute approximate surface area is 185 Å². The second-order valence-electron chi connectivity index (χ2n) is 6.56. The summed E-state index contributed by atoms with van der Waals surface area (Å²) in [6.45, 7) is 7.31. The second-order valence-corrected chi connectivity index (χ2v) is 6.56. The van der Waals surface area contributed by atoms with Crippen molar-refractivity contribution in [2.45, 2.75) is 26.3 Å². The Morgan fingerprint density at radius 3 is 2.62 bits per heavy atom. The lowest BCUT2D eigenvalue weighted by molar-refractivity contribution is -0.118. The number of nitrogens with two attached hydrogens (primary N) is 2. The SMILES string of the molecule is C=C(C=CC(=CCC)c1nc(NC(C)C(N)=O)cc(C(N)=O)n1)Oc1ccc(C#N)cn1. The van der Waals surface area contributed by atoms with Crippen molar-refractivity contribution in [3.05, 3.63) is 72.0 Å². The van der Waals surface area contributed by atoms with Gasteiger partial charge >= 0.3 is 0 Å². The van der Waals surface area contributed by atoms with Gasteiger partial charge in [0, 0.05) is 23.9 Å². The minimum absolute atomic E-state index is 0.0265. The molecule has 10 nitrogen and oxygen atoms in total. The van der Waals surface area contributed by atoms with Gasteiger partial charge in [0.15, 0.2) is 5.82 Å². The molecule has 0 saturated carbocycles. The summed E-state index contributed by atoms with van der Waals surface area (Å²) in [4.78, 5) is 35.7. The third kappa shape index (κ3) is 6.77. The van der Waals surface area contributed by atoms with Crippen molar-refractivity contribution < 1.29 is 14.3 Å². The van der Waals surface area contributed by atoms with Crippen LogP contribution >= 0.6 is 0 Å². The Bertz CT molecular complexity index is 1120. The van der Waals surface area contributed by atoms with Crippen molar-refractivity contribution in [2.24, 2.45) is 11.5 Å². The largest absolute Gasteiger partial charge is 0.440 e. The Morgan fingerprint density at radius 2 is 2.06 bits per heavy atom. The zero-order valence-electron chi connectivity index (χ0n) is 17.7. The fraction of sp³-hybridized carbons (Fsp3) is 0.182. The molecule has 1 atom stereocenters. The molecule has 0 aliphatic carbocycles. The molecule has 0 fully saturated rings. The maximum atomic E-state index is 11.7. The lowest BCUT2D eigenvalue weighted by atomic mass is 10.1. The van der Waals surface area contributed by atoms with E-state index in [1.807, 2.05) is 19.1 Å². The molecule has 2 aromatic rings. The van der Waals surface area contributed by atoms with E-state index in [0.717, 1.165) is 0 Å². The molecule has 5 N–H and O–H groups in total. The van der Waals surface area contributed by atoms with Crippen LogP contribution in [0, 0.1) is 11.3 Å². The van der Waals surface area contributed by atoms with Crippen LogP contribution in [0.3, 0.4) is 0 Å². The van der Waals surface area contributed by atoms with Crippen LogP contribution in [-0.4, -0.2) is 32.8 Å². The van der Waals surface area contributed by atoms with Gasteiger partial charge in [0.1, 0.15) is 29.4 Å². The van der Waals surface area contributed by atoms with Crippen molar-refractivity contribution in [2.75, 3.05) is 5.32 Å². The second kappa shape index (κ2) is 11.0. The monoisotopic (exact) mass is 433 g/mol. The van der Waals surface area contributed by atoms with Crippen LogP contribution in [0.5, 0.6) is 5.88 Å². The van der Waals surface area contributed by atoms with Crippen molar-refractivity contribution in [3.63, 3.8) is 0 Å². The van der Waals surface area contributed by atoms with E-state index >= 15 is 0 Å². The van der Waals surface area contributed by atoms with Crippen molar-refractivity contribution in [1.29, 1.82) is 5.26 Å². The van der Waals surface area contributed by atoms with E-state index in [0.29, 0.717) is 17.6 Å². The standard InChI is InChI=1S/C22H23N7O3/c1-4-5-16(8-6-13(2)32-19-9-7-15(11-23)12-26-19)22-28-17(21(25)31)10-18(29-22)27-14(3)20(24)30/h5-10,12,14H,2,4H2,1,3H3,(H2,24,30)(H2,25,31)(H,27,28,29). The first kappa shape index (κ1) is 23.8. The first-order valence-electron chi connectivity index (χ1n) is 9.59. The first-order chi connectivity index (χ1) is 15.2. The maximum absolute atomic E-state index is 11.7. The fourth-order valence-corrected chi connectivity index (χ4v) is 2.38. The summed E-state index contributed by atoms with van der Waals surface area (Å²) in [6.07, 6.45) is 7.12. The highest BCUT2D eigenvalue weighted by Gasteiger charge is 2.14. The number of primary amides is 2. The van der Waals surface area contributed by atoms with Gasteiger partial charge in [-0.15, -0.1) is 0 Å². The number of rotatable bonds is 10. The molecule has 2 rings (SSSR count). The lowest BCUT2D eigenvalue weighted by Gasteiger charge is -2.13. The smallest absolute Gasteiger partial charge is 0.267 e. The van der Waals surface area contributed by atoms with Gasteiger partial charge in [0.25, 0.3) is 5.91 Å². The molecule has 0 radical (unpaired) electrons. The summed E-state index contributed by atoms with van der Waals surface area (Å²) in [7, 11) is 0. The van der Waals surface area contributed by atoms with Gasteiger partial charge in [-0.3, -0.25) is 9.59 Å². The molecule has 0 bridgehead atoms. The predicted molar refractivity (Wildman–Crippen MR) is 119 cm³/mol. The summed E-state index contributed by atoms with van der Waals surface area (Å²) in [5.41, 5.74) is 11.6. The third-order valence-corrected chi connectivity index (χ3v) is 4.00. The van der Waals surface area contributed by atoms with E-state index in [1.54, 1.807) is 31.2 Å². The maximum Gasteiger partial charge on any atom is 0.267 e. The molecule has 0 aliphatic heterocycles. The van der Waals surface area contributed by atoms with Crippen molar-refractivity contribution >= 4 is 23.2 Å². The molecule has 164 valence electrons. The van der Waals surface area contributed by atoms with E-state index in [1.165, 1.54) is 12.3 Å². The number of nitrogens with zero attached hydrogens (tertiary/aromatic N) is 4. The fourth-order valence-electron chi connectivity index (χ4n) is 2.38. The van der Waals surface area contributed by atoms with Gasteiger partial charge in [0.05, 0.1) is 5.56 Å². The van der Waals surface area contributed by atoms with Crippen molar-refractivity contribution in [1.82, 2.24) is 15.0 Å². The van der Waals surface area contributed by atoms with Crippen LogP contribution < -0.4 is 21.5 Å². The number of carbonyl (C=O) groups excluding carboxylic acids is 2. The molecule has 2 heterocycles. The normalized spacial score (nSPS) is 12.1. The number of allylic oxidation sites excluding steroid dienone is 4. The number of carbonyl (C=O) groups is 2. The number of hydrogen-bond acceptors (Lipinski definition) is 8. The van der Waals surface area contributed by atoms with Crippen LogP contribution in [0.15, 0.2) is 55.0 Å². The molecule has 10 heteroatoms. The Kier molecular flexibility index (Phi) is 8.19. The Morgan fingerprint density at radius 1 is 1.31 bits per heavy atom. The quantitative estimate of drug-likeness (QED) is 0.377. The molecule has 0 aliphatic rings.